The van der Waals surface area contributed by atoms with Gasteiger partial charge in [-0.05, 0) is 48.8 Å². The first-order valence-electron chi connectivity index (χ1n) is 6.49. The van der Waals surface area contributed by atoms with Crippen molar-refractivity contribution in [3.63, 3.8) is 0 Å². The highest BCUT2D eigenvalue weighted by Crippen LogP contribution is 2.50. The van der Waals surface area contributed by atoms with Crippen LogP contribution in [0.5, 0.6) is 0 Å². The van der Waals surface area contributed by atoms with Crippen LogP contribution < -0.4 is 5.32 Å². The molecule has 0 saturated heterocycles. The third kappa shape index (κ3) is 3.05. The van der Waals surface area contributed by atoms with E-state index in [1.54, 1.807) is 0 Å². The molecule has 4 atom stereocenters. The summed E-state index contributed by atoms with van der Waals surface area (Å²) >= 11 is 1.96. The minimum Gasteiger partial charge on any atom is -0.316 e. The van der Waals surface area contributed by atoms with Gasteiger partial charge in [-0.15, -0.1) is 0 Å². The first-order valence-corrected chi connectivity index (χ1v) is 7.88. The molecule has 2 rings (SSSR count). The van der Waals surface area contributed by atoms with Crippen LogP contribution in [0.3, 0.4) is 0 Å². The molecule has 4 unspecified atom stereocenters. The Morgan fingerprint density at radius 2 is 2.06 bits per heavy atom. The van der Waals surface area contributed by atoms with Gasteiger partial charge in [-0.1, -0.05) is 37.3 Å². The van der Waals surface area contributed by atoms with E-state index >= 15 is 0 Å². The van der Waals surface area contributed by atoms with Gasteiger partial charge in [-0.2, -0.15) is 11.8 Å². The second-order valence-corrected chi connectivity index (χ2v) is 6.07. The van der Waals surface area contributed by atoms with Crippen LogP contribution in [-0.4, -0.2) is 25.1 Å². The summed E-state index contributed by atoms with van der Waals surface area (Å²) in [7, 11) is 2.11. The van der Waals surface area contributed by atoms with Gasteiger partial charge in [0, 0.05) is 6.04 Å². The standard InChI is InChI=1S/C15H23NS/c1-11(10-17-3)15(16-2)14-9-13(14)12-7-5-4-6-8-12/h4-8,11,13-16H,9-10H2,1-3H3. The summed E-state index contributed by atoms with van der Waals surface area (Å²) in [5.74, 6) is 3.64. The van der Waals surface area contributed by atoms with Crippen LogP contribution in [0.25, 0.3) is 0 Å². The van der Waals surface area contributed by atoms with E-state index in [1.165, 1.54) is 17.7 Å². The SMILES string of the molecule is CNC(C(C)CSC)C1CC1c1ccccc1. The van der Waals surface area contributed by atoms with E-state index in [0.717, 1.165) is 17.8 Å². The Bertz CT molecular complexity index is 338. The van der Waals surface area contributed by atoms with E-state index in [9.17, 15) is 0 Å². The number of benzene rings is 1. The second kappa shape index (κ2) is 5.92. The van der Waals surface area contributed by atoms with Crippen molar-refractivity contribution < 1.29 is 0 Å². The lowest BCUT2D eigenvalue weighted by Crippen LogP contribution is -2.35. The Balaban J connectivity index is 1.96. The van der Waals surface area contributed by atoms with Gasteiger partial charge in [-0.3, -0.25) is 0 Å². The summed E-state index contributed by atoms with van der Waals surface area (Å²) in [6.45, 7) is 2.37. The molecular weight excluding hydrogens is 226 g/mol. The number of rotatable bonds is 6. The summed E-state index contributed by atoms with van der Waals surface area (Å²) in [6, 6.07) is 11.6. The number of hydrogen-bond donors (Lipinski definition) is 1. The second-order valence-electron chi connectivity index (χ2n) is 5.16. The highest BCUT2D eigenvalue weighted by molar-refractivity contribution is 7.98. The van der Waals surface area contributed by atoms with Crippen LogP contribution in [-0.2, 0) is 0 Å². The monoisotopic (exact) mass is 249 g/mol. The lowest BCUT2D eigenvalue weighted by Gasteiger charge is -2.23. The normalized spacial score (nSPS) is 26.5. The molecule has 1 fully saturated rings. The van der Waals surface area contributed by atoms with Crippen LogP contribution in [0.1, 0.15) is 24.8 Å². The Kier molecular flexibility index (Phi) is 4.52. The van der Waals surface area contributed by atoms with Gasteiger partial charge in [-0.25, -0.2) is 0 Å². The zero-order valence-corrected chi connectivity index (χ0v) is 11.8. The van der Waals surface area contributed by atoms with Crippen LogP contribution >= 0.6 is 11.8 Å². The van der Waals surface area contributed by atoms with Gasteiger partial charge < -0.3 is 5.32 Å². The lowest BCUT2D eigenvalue weighted by atomic mass is 9.96. The van der Waals surface area contributed by atoms with Crippen molar-refractivity contribution in [3.8, 4) is 0 Å². The first kappa shape index (κ1) is 13.0. The molecule has 1 nitrogen and oxygen atoms in total. The largest absolute Gasteiger partial charge is 0.316 e. The van der Waals surface area contributed by atoms with E-state index in [1.807, 2.05) is 11.8 Å². The van der Waals surface area contributed by atoms with E-state index < -0.39 is 0 Å². The lowest BCUT2D eigenvalue weighted by molar-refractivity contribution is 0.385. The molecule has 1 aliphatic rings. The van der Waals surface area contributed by atoms with E-state index in [0.29, 0.717) is 6.04 Å². The summed E-state index contributed by atoms with van der Waals surface area (Å²) < 4.78 is 0. The molecule has 1 aliphatic carbocycles. The van der Waals surface area contributed by atoms with E-state index in [2.05, 4.69) is 55.9 Å². The molecular formula is C15H23NS. The van der Waals surface area contributed by atoms with Crippen molar-refractivity contribution in [3.05, 3.63) is 35.9 Å². The van der Waals surface area contributed by atoms with Crippen molar-refractivity contribution in [1.29, 1.82) is 0 Å². The van der Waals surface area contributed by atoms with E-state index in [4.69, 9.17) is 0 Å². The fourth-order valence-corrected chi connectivity index (χ4v) is 3.72. The first-order chi connectivity index (χ1) is 8.27. The van der Waals surface area contributed by atoms with Gasteiger partial charge in [0.25, 0.3) is 0 Å². The fourth-order valence-electron chi connectivity index (χ4n) is 2.98. The molecule has 1 aromatic carbocycles. The number of hydrogen-bond acceptors (Lipinski definition) is 2. The average molecular weight is 249 g/mol. The molecule has 0 spiro atoms. The van der Waals surface area contributed by atoms with Crippen LogP contribution in [0.4, 0.5) is 0 Å². The number of thioether (sulfide) groups is 1. The zero-order chi connectivity index (χ0) is 12.3. The predicted octanol–water partition coefficient (Wildman–Crippen LogP) is 3.38. The molecule has 0 aromatic heterocycles. The third-order valence-electron chi connectivity index (χ3n) is 3.90. The number of nitrogens with one attached hydrogen (secondary N) is 1. The Morgan fingerprint density at radius 1 is 1.35 bits per heavy atom. The van der Waals surface area contributed by atoms with Crippen molar-refractivity contribution in [2.45, 2.75) is 25.3 Å². The highest BCUT2D eigenvalue weighted by Gasteiger charge is 2.44. The zero-order valence-electron chi connectivity index (χ0n) is 11.0. The van der Waals surface area contributed by atoms with Crippen LogP contribution in [0.15, 0.2) is 30.3 Å². The van der Waals surface area contributed by atoms with Crippen molar-refractivity contribution >= 4 is 11.8 Å². The molecule has 2 heteroatoms. The van der Waals surface area contributed by atoms with E-state index in [-0.39, 0.29) is 0 Å². The molecule has 1 saturated carbocycles. The molecule has 1 N–H and O–H groups in total. The van der Waals surface area contributed by atoms with Crippen molar-refractivity contribution in [2.75, 3.05) is 19.1 Å². The molecule has 0 aliphatic heterocycles. The van der Waals surface area contributed by atoms with Gasteiger partial charge in [0.1, 0.15) is 0 Å². The maximum absolute atomic E-state index is 3.53. The smallest absolute Gasteiger partial charge is 0.0132 e. The van der Waals surface area contributed by atoms with Gasteiger partial charge in [0.2, 0.25) is 0 Å². The summed E-state index contributed by atoms with van der Waals surface area (Å²) in [5.41, 5.74) is 1.52. The predicted molar refractivity (Wildman–Crippen MR) is 77.7 cm³/mol. The van der Waals surface area contributed by atoms with Crippen LogP contribution in [0.2, 0.25) is 0 Å². The minimum atomic E-state index is 0.674. The molecule has 94 valence electrons. The average Bonchev–Trinajstić information content (AvgIpc) is 3.12. The van der Waals surface area contributed by atoms with Crippen LogP contribution in [0, 0.1) is 11.8 Å². The summed E-state index contributed by atoms with van der Waals surface area (Å²) in [5, 5.41) is 3.53. The molecule has 0 radical (unpaired) electrons. The molecule has 0 amide bonds. The Labute approximate surface area is 109 Å². The van der Waals surface area contributed by atoms with Gasteiger partial charge >= 0.3 is 0 Å². The molecule has 1 aromatic rings. The van der Waals surface area contributed by atoms with Crippen molar-refractivity contribution in [1.82, 2.24) is 5.32 Å². The molecule has 0 bridgehead atoms. The minimum absolute atomic E-state index is 0.674. The van der Waals surface area contributed by atoms with Crippen molar-refractivity contribution in [2.24, 2.45) is 11.8 Å². The maximum atomic E-state index is 3.53. The molecule has 0 heterocycles. The summed E-state index contributed by atoms with van der Waals surface area (Å²) in [6.07, 6.45) is 3.55. The summed E-state index contributed by atoms with van der Waals surface area (Å²) in [4.78, 5) is 0. The molecule has 17 heavy (non-hydrogen) atoms. The topological polar surface area (TPSA) is 12.0 Å². The fraction of sp³-hybridized carbons (Fsp3) is 0.600. The highest BCUT2D eigenvalue weighted by atomic mass is 32.2. The quantitative estimate of drug-likeness (QED) is 0.829. The third-order valence-corrected chi connectivity index (χ3v) is 4.76. The Hall–Kier alpha value is -0.470. The van der Waals surface area contributed by atoms with Gasteiger partial charge in [0.05, 0.1) is 0 Å². The Morgan fingerprint density at radius 3 is 2.65 bits per heavy atom. The maximum Gasteiger partial charge on any atom is 0.0132 e. The van der Waals surface area contributed by atoms with Gasteiger partial charge in [0.15, 0.2) is 0 Å².